The van der Waals surface area contributed by atoms with E-state index in [9.17, 15) is 5.11 Å². The molecule has 2 aliphatic rings. The third-order valence-electron chi connectivity index (χ3n) is 3.95. The van der Waals surface area contributed by atoms with Crippen LogP contribution in [0.2, 0.25) is 0 Å². The van der Waals surface area contributed by atoms with Gasteiger partial charge >= 0.3 is 0 Å². The van der Waals surface area contributed by atoms with E-state index in [1.54, 1.807) is 0 Å². The van der Waals surface area contributed by atoms with E-state index in [-0.39, 0.29) is 6.10 Å². The summed E-state index contributed by atoms with van der Waals surface area (Å²) in [5.41, 5.74) is 0. The first-order valence-corrected chi connectivity index (χ1v) is 6.61. The molecule has 2 heteroatoms. The average molecular weight is 210 g/mol. The van der Waals surface area contributed by atoms with Gasteiger partial charge in [0.15, 0.2) is 0 Å². The van der Waals surface area contributed by atoms with Gasteiger partial charge in [0, 0.05) is 6.04 Å². The highest BCUT2D eigenvalue weighted by Gasteiger charge is 2.23. The Morgan fingerprint density at radius 3 is 2.60 bits per heavy atom. The zero-order valence-electron chi connectivity index (χ0n) is 9.62. The van der Waals surface area contributed by atoms with Crippen molar-refractivity contribution in [3.63, 3.8) is 0 Å². The number of hydrogen-bond donors (Lipinski definition) is 2. The maximum atomic E-state index is 9.96. The van der Waals surface area contributed by atoms with Gasteiger partial charge in [0.1, 0.15) is 0 Å². The van der Waals surface area contributed by atoms with Crippen molar-refractivity contribution >= 4 is 0 Å². The van der Waals surface area contributed by atoms with E-state index in [0.717, 1.165) is 25.3 Å². The third-order valence-corrected chi connectivity index (χ3v) is 3.95. The molecule has 15 heavy (non-hydrogen) atoms. The molecule has 1 unspecified atom stereocenters. The lowest BCUT2D eigenvalue weighted by molar-refractivity contribution is 0.156. The van der Waals surface area contributed by atoms with E-state index in [1.165, 1.54) is 38.5 Å². The average Bonchev–Trinajstić information content (AvgIpc) is 2.81. The Labute approximate surface area is 93.5 Å². The summed E-state index contributed by atoms with van der Waals surface area (Å²) in [6, 6.07) is 0.341. The smallest absolute Gasteiger partial charge is 0.0724 e. The van der Waals surface area contributed by atoms with Gasteiger partial charge in [-0.1, -0.05) is 32.1 Å². The third kappa shape index (κ3) is 3.46. The fourth-order valence-corrected chi connectivity index (χ4v) is 2.92. The molecule has 0 aromatic carbocycles. The van der Waals surface area contributed by atoms with Gasteiger partial charge < -0.3 is 10.4 Å². The second-order valence-electron chi connectivity index (χ2n) is 5.17. The van der Waals surface area contributed by atoms with Gasteiger partial charge in [0.2, 0.25) is 0 Å². The summed E-state index contributed by atoms with van der Waals surface area (Å²) in [6.45, 7) is 1.08. The van der Waals surface area contributed by atoms with Crippen molar-refractivity contribution in [3.05, 3.63) is 6.42 Å². The number of hydrogen-bond acceptors (Lipinski definition) is 2. The molecule has 1 saturated carbocycles. The molecule has 2 N–H and O–H groups in total. The lowest BCUT2D eigenvalue weighted by Gasteiger charge is -2.24. The number of rotatable bonds is 4. The first kappa shape index (κ1) is 11.4. The minimum atomic E-state index is -0.213. The van der Waals surface area contributed by atoms with Gasteiger partial charge in [-0.3, -0.25) is 0 Å². The summed E-state index contributed by atoms with van der Waals surface area (Å²) in [5.74, 6) is 0.856. The molecule has 0 aromatic rings. The minimum Gasteiger partial charge on any atom is -0.391 e. The second kappa shape index (κ2) is 5.86. The van der Waals surface area contributed by atoms with Crippen LogP contribution in [0, 0.1) is 12.3 Å². The van der Waals surface area contributed by atoms with Crippen LogP contribution in [0.25, 0.3) is 0 Å². The van der Waals surface area contributed by atoms with Crippen LogP contribution >= 0.6 is 0 Å². The highest BCUT2D eigenvalue weighted by atomic mass is 16.3. The molecule has 1 saturated heterocycles. The normalized spacial score (nSPS) is 30.6. The van der Waals surface area contributed by atoms with Crippen molar-refractivity contribution in [2.24, 2.45) is 5.92 Å². The van der Waals surface area contributed by atoms with E-state index in [2.05, 4.69) is 11.7 Å². The Bertz CT molecular complexity index is 171. The standard InChI is InChI=1S/C13H24NO/c15-13(12-7-4-10-14-12)9-8-11-5-2-1-3-6-11/h9,11-15H,1-8,10H2/t12?,13-/m0/s1. The fraction of sp³-hybridized carbons (Fsp3) is 0.923. The van der Waals surface area contributed by atoms with Gasteiger partial charge in [0.25, 0.3) is 0 Å². The zero-order valence-corrected chi connectivity index (χ0v) is 9.62. The van der Waals surface area contributed by atoms with E-state index >= 15 is 0 Å². The first-order valence-electron chi connectivity index (χ1n) is 6.61. The van der Waals surface area contributed by atoms with Gasteiger partial charge in [0.05, 0.1) is 6.10 Å². The zero-order chi connectivity index (χ0) is 10.5. The molecule has 2 rings (SSSR count). The molecule has 87 valence electrons. The number of nitrogens with one attached hydrogen (secondary N) is 1. The number of aliphatic hydroxyl groups excluding tert-OH is 1. The SMILES string of the molecule is O[C@@H]([CH]CC1CCCCC1)C1CCCN1. The summed E-state index contributed by atoms with van der Waals surface area (Å²) >= 11 is 0. The van der Waals surface area contributed by atoms with Crippen molar-refractivity contribution in [1.82, 2.24) is 5.32 Å². The van der Waals surface area contributed by atoms with Gasteiger partial charge in [-0.25, -0.2) is 0 Å². The molecular weight excluding hydrogens is 186 g/mol. The van der Waals surface area contributed by atoms with Crippen LogP contribution in [0.3, 0.4) is 0 Å². The van der Waals surface area contributed by atoms with Crippen LogP contribution < -0.4 is 5.32 Å². The van der Waals surface area contributed by atoms with Gasteiger partial charge in [-0.15, -0.1) is 0 Å². The van der Waals surface area contributed by atoms with E-state index in [0.29, 0.717) is 6.04 Å². The van der Waals surface area contributed by atoms with E-state index < -0.39 is 0 Å². The Balaban J connectivity index is 1.63. The topological polar surface area (TPSA) is 32.3 Å². The molecule has 2 nitrogen and oxygen atoms in total. The summed E-state index contributed by atoms with van der Waals surface area (Å²) < 4.78 is 0. The summed E-state index contributed by atoms with van der Waals surface area (Å²) in [4.78, 5) is 0. The minimum absolute atomic E-state index is 0.213. The molecule has 0 amide bonds. The highest BCUT2D eigenvalue weighted by Crippen LogP contribution is 2.28. The van der Waals surface area contributed by atoms with Crippen LogP contribution in [0.5, 0.6) is 0 Å². The molecule has 1 radical (unpaired) electrons. The van der Waals surface area contributed by atoms with Gasteiger partial charge in [-0.2, -0.15) is 0 Å². The Kier molecular flexibility index (Phi) is 4.45. The van der Waals surface area contributed by atoms with Crippen LogP contribution in [0.15, 0.2) is 0 Å². The molecule has 0 aromatic heterocycles. The van der Waals surface area contributed by atoms with Crippen LogP contribution in [-0.4, -0.2) is 23.8 Å². The molecule has 2 fully saturated rings. The second-order valence-corrected chi connectivity index (χ2v) is 5.17. The molecule has 1 aliphatic carbocycles. The maximum absolute atomic E-state index is 9.96. The maximum Gasteiger partial charge on any atom is 0.0724 e. The summed E-state index contributed by atoms with van der Waals surface area (Å²) in [7, 11) is 0. The molecule has 0 spiro atoms. The fourth-order valence-electron chi connectivity index (χ4n) is 2.92. The Morgan fingerprint density at radius 1 is 1.13 bits per heavy atom. The largest absolute Gasteiger partial charge is 0.391 e. The monoisotopic (exact) mass is 210 g/mol. The highest BCUT2D eigenvalue weighted by molar-refractivity contribution is 4.91. The molecular formula is C13H24NO. The van der Waals surface area contributed by atoms with Crippen LogP contribution in [0.4, 0.5) is 0 Å². The predicted octanol–water partition coefficient (Wildman–Crippen LogP) is 2.27. The van der Waals surface area contributed by atoms with Crippen LogP contribution in [-0.2, 0) is 0 Å². The lowest BCUT2D eigenvalue weighted by Crippen LogP contribution is -2.35. The van der Waals surface area contributed by atoms with Crippen molar-refractivity contribution in [2.45, 2.75) is 63.5 Å². The van der Waals surface area contributed by atoms with Crippen molar-refractivity contribution in [3.8, 4) is 0 Å². The first-order chi connectivity index (χ1) is 7.36. The predicted molar refractivity (Wildman–Crippen MR) is 62.5 cm³/mol. The Morgan fingerprint density at radius 2 is 1.93 bits per heavy atom. The quantitative estimate of drug-likeness (QED) is 0.746. The summed E-state index contributed by atoms with van der Waals surface area (Å²) in [6.07, 6.45) is 12.4. The lowest BCUT2D eigenvalue weighted by atomic mass is 9.85. The number of aliphatic hydroxyl groups is 1. The molecule has 1 aliphatic heterocycles. The van der Waals surface area contributed by atoms with Crippen molar-refractivity contribution in [1.29, 1.82) is 0 Å². The molecule has 0 bridgehead atoms. The molecule has 2 atom stereocenters. The van der Waals surface area contributed by atoms with Crippen LogP contribution in [0.1, 0.15) is 51.4 Å². The van der Waals surface area contributed by atoms with Crippen molar-refractivity contribution < 1.29 is 5.11 Å². The van der Waals surface area contributed by atoms with E-state index in [4.69, 9.17) is 0 Å². The van der Waals surface area contributed by atoms with E-state index in [1.807, 2.05) is 0 Å². The molecule has 1 heterocycles. The Hall–Kier alpha value is -0.0800. The van der Waals surface area contributed by atoms with Crippen molar-refractivity contribution in [2.75, 3.05) is 6.54 Å². The summed E-state index contributed by atoms with van der Waals surface area (Å²) in [5, 5.41) is 13.3. The van der Waals surface area contributed by atoms with Gasteiger partial charge in [-0.05, 0) is 38.1 Å².